The molecule has 1 aliphatic heterocycles. The maximum atomic E-state index is 11.5. The Balaban J connectivity index is 1.21. The first-order valence-corrected chi connectivity index (χ1v) is 13.2. The number of hydrogen-bond donors (Lipinski definition) is 2. The summed E-state index contributed by atoms with van der Waals surface area (Å²) < 4.78 is 17.4. The number of ether oxygens (including phenoxy) is 1. The summed E-state index contributed by atoms with van der Waals surface area (Å²) >= 11 is 0. The van der Waals surface area contributed by atoms with Crippen LogP contribution in [0.4, 0.5) is 17.3 Å². The molecule has 0 spiro atoms. The van der Waals surface area contributed by atoms with Crippen molar-refractivity contribution in [3.8, 4) is 5.75 Å². The predicted octanol–water partition coefficient (Wildman–Crippen LogP) is 3.82. The van der Waals surface area contributed by atoms with Crippen molar-refractivity contribution in [1.29, 1.82) is 0 Å². The zero-order valence-corrected chi connectivity index (χ0v) is 20.2. The molecule has 2 aromatic carbocycles. The Labute approximate surface area is 207 Å². The van der Waals surface area contributed by atoms with Gasteiger partial charge in [0.2, 0.25) is 0 Å². The van der Waals surface area contributed by atoms with Crippen LogP contribution in [0.15, 0.2) is 73.2 Å². The van der Waals surface area contributed by atoms with Gasteiger partial charge in [0, 0.05) is 59.6 Å². The second-order valence-electron chi connectivity index (χ2n) is 8.35. The molecule has 35 heavy (non-hydrogen) atoms. The summed E-state index contributed by atoms with van der Waals surface area (Å²) in [5.41, 5.74) is 2.81. The van der Waals surface area contributed by atoms with Gasteiger partial charge in [-0.3, -0.25) is 9.11 Å². The van der Waals surface area contributed by atoms with E-state index in [2.05, 4.69) is 30.5 Å². The predicted molar refractivity (Wildman–Crippen MR) is 141 cm³/mol. The smallest absolute Gasteiger partial charge is 0.141 e. The molecule has 0 saturated carbocycles. The van der Waals surface area contributed by atoms with E-state index < -0.39 is 10.8 Å². The van der Waals surface area contributed by atoms with Crippen molar-refractivity contribution in [2.75, 3.05) is 48.3 Å². The van der Waals surface area contributed by atoms with Crippen LogP contribution in [0.2, 0.25) is 0 Å². The van der Waals surface area contributed by atoms with E-state index in [9.17, 15) is 4.21 Å². The van der Waals surface area contributed by atoms with Crippen molar-refractivity contribution >= 4 is 39.0 Å². The number of fused-ring (bicyclic) bond motifs is 1. The fraction of sp³-hybridized carbons (Fsp3) is 0.269. The Morgan fingerprint density at radius 2 is 1.77 bits per heavy atom. The fourth-order valence-electron chi connectivity index (χ4n) is 3.91. The van der Waals surface area contributed by atoms with Crippen LogP contribution >= 0.6 is 0 Å². The van der Waals surface area contributed by atoms with E-state index in [4.69, 9.17) is 4.74 Å². The highest BCUT2D eigenvalue weighted by atomic mass is 32.2. The lowest BCUT2D eigenvalue weighted by molar-refractivity contribution is 0.306. The zero-order valence-electron chi connectivity index (χ0n) is 19.4. The Kier molecular flexibility index (Phi) is 7.45. The first-order chi connectivity index (χ1) is 17.2. The van der Waals surface area contributed by atoms with Crippen molar-refractivity contribution in [2.24, 2.45) is 0 Å². The normalized spacial score (nSPS) is 14.6. The van der Waals surface area contributed by atoms with Gasteiger partial charge in [-0.05, 0) is 35.9 Å². The molecule has 1 aliphatic rings. The molecule has 0 atom stereocenters. The van der Waals surface area contributed by atoms with Crippen LogP contribution in [0, 0.1) is 0 Å². The molecule has 8 nitrogen and oxygen atoms in total. The Bertz CT molecular complexity index is 1280. The third kappa shape index (κ3) is 6.32. The molecule has 0 radical (unpaired) electrons. The molecule has 180 valence electrons. The molecule has 0 amide bonds. The standard InChI is InChI=1S/C26H28N6O2S/c33-35-14-12-32(13-15-35)11-10-27-25-16-23-24(17-28-25)29-19-30-26(23)31-21-6-8-22(9-7-21)34-18-20-4-2-1-3-5-20/h1-9,16-17,19H,10-15,18H2,(H,27,28)(H,29,30,31). The third-order valence-corrected chi connectivity index (χ3v) is 7.17. The Morgan fingerprint density at radius 3 is 2.57 bits per heavy atom. The van der Waals surface area contributed by atoms with E-state index in [0.29, 0.717) is 6.61 Å². The molecule has 5 rings (SSSR count). The number of hydrogen-bond acceptors (Lipinski definition) is 8. The summed E-state index contributed by atoms with van der Waals surface area (Å²) in [6.45, 7) is 3.97. The van der Waals surface area contributed by atoms with Gasteiger partial charge >= 0.3 is 0 Å². The molecule has 2 aromatic heterocycles. The summed E-state index contributed by atoms with van der Waals surface area (Å²) in [6.07, 6.45) is 3.30. The molecule has 4 aromatic rings. The van der Waals surface area contributed by atoms with Crippen LogP contribution in [0.1, 0.15) is 5.56 Å². The van der Waals surface area contributed by atoms with Crippen molar-refractivity contribution in [3.05, 3.63) is 78.8 Å². The fourth-order valence-corrected chi connectivity index (χ4v) is 5.04. The van der Waals surface area contributed by atoms with Gasteiger partial charge in [-0.1, -0.05) is 30.3 Å². The van der Waals surface area contributed by atoms with Crippen molar-refractivity contribution in [1.82, 2.24) is 19.9 Å². The molecule has 0 aliphatic carbocycles. The van der Waals surface area contributed by atoms with Crippen molar-refractivity contribution in [2.45, 2.75) is 6.61 Å². The molecular weight excluding hydrogens is 460 g/mol. The Hall–Kier alpha value is -3.56. The minimum Gasteiger partial charge on any atom is -0.489 e. The maximum absolute atomic E-state index is 11.5. The number of pyridine rings is 1. The minimum absolute atomic E-state index is 0.532. The van der Waals surface area contributed by atoms with Gasteiger partial charge < -0.3 is 15.4 Å². The SMILES string of the molecule is O=S1CCN(CCNc2cc3c(Nc4ccc(OCc5ccccc5)cc4)ncnc3cn2)CC1. The van der Waals surface area contributed by atoms with Crippen LogP contribution in [0.5, 0.6) is 5.75 Å². The minimum atomic E-state index is -0.651. The monoisotopic (exact) mass is 488 g/mol. The first-order valence-electron chi connectivity index (χ1n) is 11.7. The van der Waals surface area contributed by atoms with E-state index in [-0.39, 0.29) is 0 Å². The maximum Gasteiger partial charge on any atom is 0.141 e. The van der Waals surface area contributed by atoms with Gasteiger partial charge in [-0.15, -0.1) is 0 Å². The second-order valence-corrected chi connectivity index (χ2v) is 10.0. The first kappa shape index (κ1) is 23.2. The zero-order chi connectivity index (χ0) is 23.9. The van der Waals surface area contributed by atoms with E-state index >= 15 is 0 Å². The van der Waals surface area contributed by atoms with Gasteiger partial charge in [0.25, 0.3) is 0 Å². The molecule has 1 saturated heterocycles. The average Bonchev–Trinajstić information content (AvgIpc) is 2.90. The molecule has 3 heterocycles. The molecule has 0 bridgehead atoms. The highest BCUT2D eigenvalue weighted by Gasteiger charge is 2.14. The largest absolute Gasteiger partial charge is 0.489 e. The molecule has 1 fully saturated rings. The summed E-state index contributed by atoms with van der Waals surface area (Å²) in [4.78, 5) is 15.6. The summed E-state index contributed by atoms with van der Waals surface area (Å²) in [7, 11) is -0.651. The number of nitrogens with zero attached hydrogens (tertiary/aromatic N) is 4. The summed E-state index contributed by atoms with van der Waals surface area (Å²) in [5.74, 6) is 3.83. The van der Waals surface area contributed by atoms with Crippen LogP contribution in [0.25, 0.3) is 10.9 Å². The van der Waals surface area contributed by atoms with Crippen LogP contribution in [0.3, 0.4) is 0 Å². The summed E-state index contributed by atoms with van der Waals surface area (Å²) in [6, 6.07) is 19.9. The quantitative estimate of drug-likeness (QED) is 0.367. The highest BCUT2D eigenvalue weighted by molar-refractivity contribution is 7.85. The van der Waals surface area contributed by atoms with Gasteiger partial charge in [0.05, 0.1) is 11.7 Å². The number of nitrogens with one attached hydrogen (secondary N) is 2. The van der Waals surface area contributed by atoms with E-state index in [0.717, 1.165) is 77.2 Å². The number of benzene rings is 2. The molecule has 0 unspecified atom stereocenters. The molecule has 2 N–H and O–H groups in total. The van der Waals surface area contributed by atoms with Gasteiger partial charge in [0.1, 0.15) is 30.3 Å². The van der Waals surface area contributed by atoms with Gasteiger partial charge in [-0.25, -0.2) is 15.0 Å². The van der Waals surface area contributed by atoms with E-state index in [1.54, 1.807) is 6.20 Å². The third-order valence-electron chi connectivity index (χ3n) is 5.89. The van der Waals surface area contributed by atoms with Gasteiger partial charge in [0.15, 0.2) is 0 Å². The van der Waals surface area contributed by atoms with E-state index in [1.165, 1.54) is 6.33 Å². The molecule has 9 heteroatoms. The number of aromatic nitrogens is 3. The van der Waals surface area contributed by atoms with Gasteiger partial charge in [-0.2, -0.15) is 0 Å². The average molecular weight is 489 g/mol. The van der Waals surface area contributed by atoms with Crippen molar-refractivity contribution < 1.29 is 8.95 Å². The highest BCUT2D eigenvalue weighted by Crippen LogP contribution is 2.26. The van der Waals surface area contributed by atoms with Crippen LogP contribution in [-0.4, -0.2) is 61.7 Å². The summed E-state index contributed by atoms with van der Waals surface area (Å²) in [5, 5.41) is 7.67. The number of rotatable bonds is 9. The van der Waals surface area contributed by atoms with Crippen molar-refractivity contribution in [3.63, 3.8) is 0 Å². The topological polar surface area (TPSA) is 92.3 Å². The lowest BCUT2D eigenvalue weighted by Crippen LogP contribution is -2.40. The lowest BCUT2D eigenvalue weighted by atomic mass is 10.2. The number of anilines is 3. The van der Waals surface area contributed by atoms with E-state index in [1.807, 2.05) is 60.7 Å². The Morgan fingerprint density at radius 1 is 0.971 bits per heavy atom. The lowest BCUT2D eigenvalue weighted by Gasteiger charge is -2.26. The van der Waals surface area contributed by atoms with Crippen LogP contribution < -0.4 is 15.4 Å². The second kappa shape index (κ2) is 11.2. The van der Waals surface area contributed by atoms with Crippen LogP contribution in [-0.2, 0) is 17.4 Å². The molecular formula is C26H28N6O2S.